The molecule has 4 nitrogen and oxygen atoms in total. The predicted octanol–water partition coefficient (Wildman–Crippen LogP) is 3.59. The van der Waals surface area contributed by atoms with Crippen LogP contribution in [-0.4, -0.2) is 29.3 Å². The van der Waals surface area contributed by atoms with Crippen LogP contribution in [0.3, 0.4) is 0 Å². The fourth-order valence-electron chi connectivity index (χ4n) is 2.94. The minimum absolute atomic E-state index is 0.0198. The Kier molecular flexibility index (Phi) is 5.88. The molecular formula is C19H22N2O2S. The van der Waals surface area contributed by atoms with Gasteiger partial charge < -0.3 is 10.1 Å². The van der Waals surface area contributed by atoms with Crippen LogP contribution < -0.4 is 5.32 Å². The zero-order valence-corrected chi connectivity index (χ0v) is 14.6. The molecule has 0 radical (unpaired) electrons. The van der Waals surface area contributed by atoms with Gasteiger partial charge in [-0.1, -0.05) is 31.2 Å². The van der Waals surface area contributed by atoms with Crippen molar-refractivity contribution < 1.29 is 9.53 Å². The molecule has 2 aromatic rings. The minimum Gasteiger partial charge on any atom is -0.371 e. The normalized spacial score (nSPS) is 20.0. The number of hydrogen-bond acceptors (Lipinski definition) is 4. The summed E-state index contributed by atoms with van der Waals surface area (Å²) in [5.41, 5.74) is 2.85. The Hall–Kier alpha value is -1.85. The molecule has 0 aliphatic carbocycles. The fraction of sp³-hybridized carbons (Fsp3) is 0.368. The van der Waals surface area contributed by atoms with Crippen LogP contribution in [0.1, 0.15) is 40.9 Å². The molecule has 1 N–H and O–H groups in total. The van der Waals surface area contributed by atoms with E-state index in [1.54, 1.807) is 12.4 Å². The first-order chi connectivity index (χ1) is 11.8. The van der Waals surface area contributed by atoms with E-state index in [2.05, 4.69) is 17.2 Å². The third-order valence-electron chi connectivity index (χ3n) is 4.14. The van der Waals surface area contributed by atoms with Gasteiger partial charge in [0, 0.05) is 35.9 Å². The summed E-state index contributed by atoms with van der Waals surface area (Å²) < 4.78 is 5.82. The first kappa shape index (κ1) is 17.0. The lowest BCUT2D eigenvalue weighted by atomic mass is 10.0. The number of nitrogens with one attached hydrogen (secondary N) is 1. The maximum absolute atomic E-state index is 12.8. The SMILES string of the molecule is CCSCc1ccccc1C(=O)N[C@@H]1CCO[C@H]1c1cccnc1. The van der Waals surface area contributed by atoms with Crippen LogP contribution >= 0.6 is 11.8 Å². The largest absolute Gasteiger partial charge is 0.371 e. The Bertz CT molecular complexity index is 678. The van der Waals surface area contributed by atoms with Crippen molar-refractivity contribution in [2.45, 2.75) is 31.2 Å². The van der Waals surface area contributed by atoms with Crippen LogP contribution in [0.5, 0.6) is 0 Å². The van der Waals surface area contributed by atoms with Crippen molar-refractivity contribution in [1.29, 1.82) is 0 Å². The summed E-state index contributed by atoms with van der Waals surface area (Å²) in [6.45, 7) is 2.78. The predicted molar refractivity (Wildman–Crippen MR) is 97.1 cm³/mol. The lowest BCUT2D eigenvalue weighted by Gasteiger charge is -2.20. The van der Waals surface area contributed by atoms with Gasteiger partial charge >= 0.3 is 0 Å². The number of rotatable bonds is 6. The minimum atomic E-state index is -0.125. The van der Waals surface area contributed by atoms with E-state index in [-0.39, 0.29) is 18.1 Å². The maximum atomic E-state index is 12.8. The Morgan fingerprint density at radius 1 is 1.33 bits per heavy atom. The first-order valence-electron chi connectivity index (χ1n) is 8.27. The topological polar surface area (TPSA) is 51.2 Å². The third-order valence-corrected chi connectivity index (χ3v) is 5.07. The molecule has 1 aromatic carbocycles. The molecule has 0 saturated carbocycles. The highest BCUT2D eigenvalue weighted by Gasteiger charge is 2.31. The van der Waals surface area contributed by atoms with E-state index in [0.717, 1.165) is 34.6 Å². The van der Waals surface area contributed by atoms with Gasteiger partial charge in [-0.05, 0) is 29.9 Å². The highest BCUT2D eigenvalue weighted by molar-refractivity contribution is 7.98. The van der Waals surface area contributed by atoms with Crippen molar-refractivity contribution >= 4 is 17.7 Å². The van der Waals surface area contributed by atoms with E-state index < -0.39 is 0 Å². The number of pyridine rings is 1. The van der Waals surface area contributed by atoms with Gasteiger partial charge in [-0.15, -0.1) is 0 Å². The van der Waals surface area contributed by atoms with Gasteiger partial charge in [0.15, 0.2) is 0 Å². The molecule has 1 fully saturated rings. The average molecular weight is 342 g/mol. The van der Waals surface area contributed by atoms with Gasteiger partial charge in [0.2, 0.25) is 0 Å². The molecule has 24 heavy (non-hydrogen) atoms. The van der Waals surface area contributed by atoms with Gasteiger partial charge in [0.05, 0.1) is 6.04 Å². The van der Waals surface area contributed by atoms with Gasteiger partial charge in [-0.2, -0.15) is 11.8 Å². The van der Waals surface area contributed by atoms with Gasteiger partial charge in [-0.25, -0.2) is 0 Å². The van der Waals surface area contributed by atoms with E-state index in [1.165, 1.54) is 0 Å². The van der Waals surface area contributed by atoms with E-state index in [4.69, 9.17) is 4.74 Å². The van der Waals surface area contributed by atoms with Crippen molar-refractivity contribution in [3.63, 3.8) is 0 Å². The highest BCUT2D eigenvalue weighted by Crippen LogP contribution is 2.29. The number of thioether (sulfide) groups is 1. The molecule has 1 aromatic heterocycles. The number of amides is 1. The molecule has 0 bridgehead atoms. The summed E-state index contributed by atoms with van der Waals surface area (Å²) in [5.74, 6) is 1.87. The molecule has 3 rings (SSSR count). The van der Waals surface area contributed by atoms with Crippen molar-refractivity contribution in [2.75, 3.05) is 12.4 Å². The van der Waals surface area contributed by atoms with Crippen molar-refractivity contribution in [3.8, 4) is 0 Å². The molecule has 1 aliphatic heterocycles. The first-order valence-corrected chi connectivity index (χ1v) is 9.43. The number of hydrogen-bond donors (Lipinski definition) is 1. The lowest BCUT2D eigenvalue weighted by Crippen LogP contribution is -2.37. The van der Waals surface area contributed by atoms with Crippen LogP contribution in [0.2, 0.25) is 0 Å². The van der Waals surface area contributed by atoms with Gasteiger partial charge in [-0.3, -0.25) is 9.78 Å². The highest BCUT2D eigenvalue weighted by atomic mass is 32.2. The number of aromatic nitrogens is 1. The Labute approximate surface area is 147 Å². The zero-order chi connectivity index (χ0) is 16.8. The van der Waals surface area contributed by atoms with E-state index in [9.17, 15) is 4.79 Å². The Morgan fingerprint density at radius 2 is 2.21 bits per heavy atom. The Balaban J connectivity index is 1.72. The van der Waals surface area contributed by atoms with Gasteiger partial charge in [0.25, 0.3) is 5.91 Å². The van der Waals surface area contributed by atoms with E-state index >= 15 is 0 Å². The lowest BCUT2D eigenvalue weighted by molar-refractivity contribution is 0.0820. The summed E-state index contributed by atoms with van der Waals surface area (Å²) in [4.78, 5) is 16.9. The van der Waals surface area contributed by atoms with Crippen LogP contribution in [0.25, 0.3) is 0 Å². The average Bonchev–Trinajstić information content (AvgIpc) is 3.09. The fourth-order valence-corrected chi connectivity index (χ4v) is 3.61. The van der Waals surface area contributed by atoms with Crippen molar-refractivity contribution in [3.05, 3.63) is 65.5 Å². The van der Waals surface area contributed by atoms with Gasteiger partial charge in [0.1, 0.15) is 6.10 Å². The monoisotopic (exact) mass is 342 g/mol. The molecule has 2 atom stereocenters. The number of carbonyl (C=O) groups excluding carboxylic acids is 1. The van der Waals surface area contributed by atoms with E-state index in [1.807, 2.05) is 48.2 Å². The molecule has 1 aliphatic rings. The summed E-state index contributed by atoms with van der Waals surface area (Å²) in [5, 5.41) is 3.16. The Morgan fingerprint density at radius 3 is 3.00 bits per heavy atom. The molecule has 1 amide bonds. The van der Waals surface area contributed by atoms with Crippen LogP contribution in [-0.2, 0) is 10.5 Å². The number of carbonyl (C=O) groups is 1. The molecule has 1 saturated heterocycles. The zero-order valence-electron chi connectivity index (χ0n) is 13.8. The molecule has 5 heteroatoms. The number of benzene rings is 1. The molecule has 0 unspecified atom stereocenters. The summed E-state index contributed by atoms with van der Waals surface area (Å²) >= 11 is 1.82. The number of nitrogens with zero attached hydrogens (tertiary/aromatic N) is 1. The second-order valence-electron chi connectivity index (χ2n) is 5.74. The maximum Gasteiger partial charge on any atom is 0.251 e. The van der Waals surface area contributed by atoms with Crippen LogP contribution in [0.4, 0.5) is 0 Å². The molecular weight excluding hydrogens is 320 g/mol. The summed E-state index contributed by atoms with van der Waals surface area (Å²) in [6.07, 6.45) is 4.24. The molecule has 2 heterocycles. The molecule has 126 valence electrons. The quantitative estimate of drug-likeness (QED) is 0.871. The second-order valence-corrected chi connectivity index (χ2v) is 7.01. The second kappa shape index (κ2) is 8.31. The smallest absolute Gasteiger partial charge is 0.251 e. The van der Waals surface area contributed by atoms with Crippen LogP contribution in [0, 0.1) is 0 Å². The standard InChI is InChI=1S/C19H22N2O2S/c1-2-24-13-15-6-3-4-8-16(15)19(22)21-17-9-11-23-18(17)14-7-5-10-20-12-14/h3-8,10,12,17-18H,2,9,11,13H2,1H3,(H,21,22)/t17-,18+/m1/s1. The van der Waals surface area contributed by atoms with Crippen molar-refractivity contribution in [2.24, 2.45) is 0 Å². The molecule has 0 spiro atoms. The van der Waals surface area contributed by atoms with Crippen molar-refractivity contribution in [1.82, 2.24) is 10.3 Å². The van der Waals surface area contributed by atoms with E-state index in [0.29, 0.717) is 6.61 Å². The van der Waals surface area contributed by atoms with Crippen LogP contribution in [0.15, 0.2) is 48.8 Å². The third kappa shape index (κ3) is 3.97. The number of ether oxygens (including phenoxy) is 1. The summed E-state index contributed by atoms with van der Waals surface area (Å²) in [6, 6.07) is 11.7. The summed E-state index contributed by atoms with van der Waals surface area (Å²) in [7, 11) is 0.